The minimum atomic E-state index is -0.422. The smallest absolute Gasteiger partial charge is 0.175 e. The van der Waals surface area contributed by atoms with Gasteiger partial charge in [0.25, 0.3) is 0 Å². The van der Waals surface area contributed by atoms with Crippen LogP contribution >= 0.6 is 24.0 Å². The minimum Gasteiger partial charge on any atom is -0.387 e. The zero-order valence-corrected chi connectivity index (χ0v) is 17.0. The first-order valence-corrected chi connectivity index (χ1v) is 10.1. The second kappa shape index (κ2) is 7.67. The topological polar surface area (TPSA) is 79.0 Å². The van der Waals surface area contributed by atoms with Crippen molar-refractivity contribution in [3.05, 3.63) is 64.4 Å². The van der Waals surface area contributed by atoms with Gasteiger partial charge < -0.3 is 9.40 Å². The van der Waals surface area contributed by atoms with Gasteiger partial charge in [-0.2, -0.15) is 5.26 Å². The largest absolute Gasteiger partial charge is 0.387 e. The first kappa shape index (κ1) is 18.6. The Hall–Kier alpha value is -2.80. The van der Waals surface area contributed by atoms with Crippen molar-refractivity contribution >= 4 is 29.7 Å². The van der Waals surface area contributed by atoms with Crippen molar-refractivity contribution in [2.24, 2.45) is 0 Å². The standard InChI is InChI=1S/C19H18N6OS2/c1-3-24-17(16-5-4-8-28-16)21-22-18(24)19(27)25-11-15(26-23-25)14-9-12(2)6-7-13(14)10-20/h4-9,11,19,23,27H,3H2,1-2H3. The number of hydrazine groups is 1. The molecule has 2 aromatic heterocycles. The highest BCUT2D eigenvalue weighted by molar-refractivity contribution is 7.80. The molecule has 3 aromatic rings. The lowest BCUT2D eigenvalue weighted by Crippen LogP contribution is -2.31. The van der Waals surface area contributed by atoms with E-state index in [4.69, 9.17) is 17.5 Å². The predicted molar refractivity (Wildman–Crippen MR) is 111 cm³/mol. The van der Waals surface area contributed by atoms with Crippen LogP contribution in [0.2, 0.25) is 0 Å². The van der Waals surface area contributed by atoms with E-state index in [1.807, 2.05) is 48.1 Å². The average molecular weight is 411 g/mol. The number of hydrogen-bond donors (Lipinski definition) is 2. The summed E-state index contributed by atoms with van der Waals surface area (Å²) in [5.41, 5.74) is 5.17. The second-order valence-electron chi connectivity index (χ2n) is 6.23. The van der Waals surface area contributed by atoms with Gasteiger partial charge in [0.15, 0.2) is 22.8 Å². The van der Waals surface area contributed by atoms with Crippen LogP contribution in [0.4, 0.5) is 0 Å². The van der Waals surface area contributed by atoms with E-state index in [9.17, 15) is 5.26 Å². The highest BCUT2D eigenvalue weighted by Crippen LogP contribution is 2.32. The SMILES string of the molecule is CCn1c(-c2cccs2)nnc1C(S)N1C=C(c2cc(C)ccc2C#N)ON1. The first-order chi connectivity index (χ1) is 13.6. The minimum absolute atomic E-state index is 0.422. The number of nitrogens with one attached hydrogen (secondary N) is 1. The van der Waals surface area contributed by atoms with Gasteiger partial charge in [0.2, 0.25) is 0 Å². The van der Waals surface area contributed by atoms with E-state index in [0.717, 1.165) is 21.8 Å². The molecule has 1 aliphatic rings. The van der Waals surface area contributed by atoms with E-state index >= 15 is 0 Å². The third-order valence-electron chi connectivity index (χ3n) is 4.41. The molecule has 1 N–H and O–H groups in total. The summed E-state index contributed by atoms with van der Waals surface area (Å²) in [5, 5.41) is 21.4. The maximum atomic E-state index is 9.38. The molecule has 28 heavy (non-hydrogen) atoms. The monoisotopic (exact) mass is 410 g/mol. The van der Waals surface area contributed by atoms with Gasteiger partial charge in [-0.15, -0.1) is 34.2 Å². The molecule has 0 bridgehead atoms. The Labute approximate surface area is 172 Å². The molecule has 1 aromatic carbocycles. The number of aryl methyl sites for hydroxylation is 1. The number of nitriles is 1. The van der Waals surface area contributed by atoms with Crippen molar-refractivity contribution in [3.63, 3.8) is 0 Å². The molecule has 0 radical (unpaired) electrons. The third kappa shape index (κ3) is 3.26. The fourth-order valence-electron chi connectivity index (χ4n) is 3.02. The highest BCUT2D eigenvalue weighted by Gasteiger charge is 2.28. The molecule has 1 unspecified atom stereocenters. The van der Waals surface area contributed by atoms with Crippen molar-refractivity contribution in [1.29, 1.82) is 5.26 Å². The number of thiophene rings is 1. The van der Waals surface area contributed by atoms with Crippen LogP contribution in [0.5, 0.6) is 0 Å². The Kier molecular flexibility index (Phi) is 5.09. The van der Waals surface area contributed by atoms with Crippen molar-refractivity contribution in [1.82, 2.24) is 25.4 Å². The molecule has 142 valence electrons. The number of aromatic nitrogens is 3. The lowest BCUT2D eigenvalue weighted by atomic mass is 10.0. The molecule has 0 aliphatic carbocycles. The zero-order valence-electron chi connectivity index (χ0n) is 15.3. The molecule has 0 saturated carbocycles. The Morgan fingerprint density at radius 1 is 1.36 bits per heavy atom. The van der Waals surface area contributed by atoms with Gasteiger partial charge in [0, 0.05) is 12.1 Å². The van der Waals surface area contributed by atoms with Crippen molar-refractivity contribution in [2.45, 2.75) is 25.8 Å². The molecule has 3 heterocycles. The van der Waals surface area contributed by atoms with Gasteiger partial charge >= 0.3 is 0 Å². The number of benzene rings is 1. The summed E-state index contributed by atoms with van der Waals surface area (Å²) in [6.07, 6.45) is 1.78. The highest BCUT2D eigenvalue weighted by atomic mass is 32.1. The third-order valence-corrected chi connectivity index (χ3v) is 5.76. The Bertz CT molecular complexity index is 1070. The van der Waals surface area contributed by atoms with Gasteiger partial charge in [-0.25, -0.2) is 0 Å². The Balaban J connectivity index is 1.65. The van der Waals surface area contributed by atoms with Gasteiger partial charge in [0.1, 0.15) is 0 Å². The lowest BCUT2D eigenvalue weighted by molar-refractivity contribution is 0.0382. The maximum absolute atomic E-state index is 9.38. The number of hydrogen-bond acceptors (Lipinski definition) is 8. The average Bonchev–Trinajstić information content (AvgIpc) is 3.47. The number of thiol groups is 1. The van der Waals surface area contributed by atoms with E-state index in [1.54, 1.807) is 28.6 Å². The van der Waals surface area contributed by atoms with Crippen LogP contribution in [-0.2, 0) is 11.4 Å². The quantitative estimate of drug-likeness (QED) is 0.622. The molecule has 0 spiro atoms. The van der Waals surface area contributed by atoms with E-state index in [-0.39, 0.29) is 0 Å². The predicted octanol–water partition coefficient (Wildman–Crippen LogP) is 3.89. The first-order valence-electron chi connectivity index (χ1n) is 8.71. The van der Waals surface area contributed by atoms with Gasteiger partial charge in [-0.05, 0) is 37.4 Å². The van der Waals surface area contributed by atoms with E-state index in [0.29, 0.717) is 23.7 Å². The summed E-state index contributed by atoms with van der Waals surface area (Å²) in [5.74, 6) is 2.08. The van der Waals surface area contributed by atoms with Crippen LogP contribution in [0.1, 0.15) is 34.8 Å². The molecule has 9 heteroatoms. The summed E-state index contributed by atoms with van der Waals surface area (Å²) in [7, 11) is 0. The van der Waals surface area contributed by atoms with Crippen LogP contribution in [-0.4, -0.2) is 19.8 Å². The lowest BCUT2D eigenvalue weighted by Gasteiger charge is -2.21. The summed E-state index contributed by atoms with van der Waals surface area (Å²) < 4.78 is 2.03. The van der Waals surface area contributed by atoms with Gasteiger partial charge in [-0.3, -0.25) is 5.01 Å². The van der Waals surface area contributed by atoms with Crippen molar-refractivity contribution in [3.8, 4) is 16.8 Å². The fraction of sp³-hybridized carbons (Fsp3) is 0.211. The van der Waals surface area contributed by atoms with Gasteiger partial charge in [0.05, 0.1) is 22.7 Å². The van der Waals surface area contributed by atoms with Gasteiger partial charge in [-0.1, -0.05) is 23.3 Å². The van der Waals surface area contributed by atoms with Crippen LogP contribution in [0.25, 0.3) is 16.5 Å². The summed E-state index contributed by atoms with van der Waals surface area (Å²) in [6.45, 7) is 4.74. The molecule has 0 amide bonds. The summed E-state index contributed by atoms with van der Waals surface area (Å²) >= 11 is 6.35. The van der Waals surface area contributed by atoms with E-state index in [2.05, 4.69) is 21.9 Å². The molecular weight excluding hydrogens is 392 g/mol. The Morgan fingerprint density at radius 3 is 2.93 bits per heavy atom. The molecule has 1 atom stereocenters. The summed E-state index contributed by atoms with van der Waals surface area (Å²) in [4.78, 5) is 6.68. The van der Waals surface area contributed by atoms with Crippen LogP contribution in [0.3, 0.4) is 0 Å². The summed E-state index contributed by atoms with van der Waals surface area (Å²) in [6, 6.07) is 11.8. The van der Waals surface area contributed by atoms with Crippen LogP contribution < -0.4 is 5.59 Å². The second-order valence-corrected chi connectivity index (χ2v) is 7.67. The normalized spacial score (nSPS) is 14.5. The van der Waals surface area contributed by atoms with Crippen molar-refractivity contribution < 1.29 is 4.84 Å². The van der Waals surface area contributed by atoms with Crippen LogP contribution in [0.15, 0.2) is 41.9 Å². The number of rotatable bonds is 5. The van der Waals surface area contributed by atoms with E-state index in [1.165, 1.54) is 0 Å². The molecular formula is C19H18N6OS2. The van der Waals surface area contributed by atoms with Crippen LogP contribution in [0, 0.1) is 18.3 Å². The Morgan fingerprint density at radius 2 is 2.21 bits per heavy atom. The van der Waals surface area contributed by atoms with E-state index < -0.39 is 5.37 Å². The molecule has 1 aliphatic heterocycles. The fourth-order valence-corrected chi connectivity index (χ4v) is 4.04. The van der Waals surface area contributed by atoms with Crippen molar-refractivity contribution in [2.75, 3.05) is 0 Å². The maximum Gasteiger partial charge on any atom is 0.175 e. The zero-order chi connectivity index (χ0) is 19.7. The molecule has 0 fully saturated rings. The number of nitrogens with zero attached hydrogens (tertiary/aromatic N) is 5. The molecule has 0 saturated heterocycles. The molecule has 7 nitrogen and oxygen atoms in total. The molecule has 4 rings (SSSR count).